The smallest absolute Gasteiger partial charge is 0.339 e. The average molecular weight is 302 g/mol. The van der Waals surface area contributed by atoms with Crippen LogP contribution in [-0.2, 0) is 14.3 Å². The summed E-state index contributed by atoms with van der Waals surface area (Å²) in [5.41, 5.74) is 1.63. The molecule has 0 unspecified atom stereocenters. The van der Waals surface area contributed by atoms with Gasteiger partial charge in [0.1, 0.15) is 10.7 Å². The lowest BCUT2D eigenvalue weighted by Gasteiger charge is -2.18. The molecule has 2 heterocycles. The van der Waals surface area contributed by atoms with Crippen LogP contribution in [0.25, 0.3) is 5.76 Å². The topological polar surface area (TPSA) is 68.3 Å². The van der Waals surface area contributed by atoms with Crippen LogP contribution in [0.1, 0.15) is 11.1 Å². The second-order valence-electron chi connectivity index (χ2n) is 4.70. The van der Waals surface area contributed by atoms with Gasteiger partial charge in [0, 0.05) is 12.7 Å². The number of benzene rings is 1. The van der Waals surface area contributed by atoms with Gasteiger partial charge in [-0.05, 0) is 37.3 Å². The van der Waals surface area contributed by atoms with E-state index in [1.807, 2.05) is 6.92 Å². The van der Waals surface area contributed by atoms with Gasteiger partial charge in [0.2, 0.25) is 0 Å². The summed E-state index contributed by atoms with van der Waals surface area (Å²) in [6, 6.07) is 10.1. The van der Waals surface area contributed by atoms with Crippen LogP contribution in [0.3, 0.4) is 0 Å². The Morgan fingerprint density at radius 2 is 1.95 bits per heavy atom. The Morgan fingerprint density at radius 3 is 2.71 bits per heavy atom. The molecule has 3 rings (SSSR count). The number of aromatic nitrogens is 1. The Morgan fingerprint density at radius 1 is 1.19 bits per heavy atom. The van der Waals surface area contributed by atoms with Gasteiger partial charge in [-0.2, -0.15) is 8.42 Å². The lowest BCUT2D eigenvalue weighted by molar-refractivity contribution is 0.462. The molecule has 2 aromatic rings. The third kappa shape index (κ3) is 2.75. The molecule has 1 aliphatic rings. The summed E-state index contributed by atoms with van der Waals surface area (Å²) in [6.07, 6.45) is 3.33. The predicted molar refractivity (Wildman–Crippen MR) is 80.2 cm³/mol. The quantitative estimate of drug-likeness (QED) is 0.883. The van der Waals surface area contributed by atoms with Crippen molar-refractivity contribution in [3.8, 4) is 0 Å². The summed E-state index contributed by atoms with van der Waals surface area (Å²) in [5, 5.41) is 3.06. The third-order valence-corrected chi connectivity index (χ3v) is 4.39. The van der Waals surface area contributed by atoms with Gasteiger partial charge in [-0.25, -0.2) is 4.98 Å². The van der Waals surface area contributed by atoms with Crippen molar-refractivity contribution in [3.63, 3.8) is 0 Å². The van der Waals surface area contributed by atoms with Gasteiger partial charge in [0.15, 0.2) is 5.76 Å². The van der Waals surface area contributed by atoms with Gasteiger partial charge < -0.3 is 9.50 Å². The maximum absolute atomic E-state index is 12.3. The molecule has 1 aromatic carbocycles. The van der Waals surface area contributed by atoms with Gasteiger partial charge in [-0.15, -0.1) is 0 Å². The standard InChI is InChI=1S/C15H14N2O3S/c1-11-4-6-12(7-5-11)21(18,19)20-14-8-10-17-15-13(14)3-2-9-16-15/h2-9H,10H2,1H3,(H,16,17). The minimum Gasteiger partial charge on any atom is -0.378 e. The van der Waals surface area contributed by atoms with Crippen LogP contribution in [0.5, 0.6) is 0 Å². The molecular formula is C15H14N2O3S. The monoisotopic (exact) mass is 302 g/mol. The van der Waals surface area contributed by atoms with E-state index in [0.717, 1.165) is 5.56 Å². The Balaban J connectivity index is 1.93. The van der Waals surface area contributed by atoms with Crippen LogP contribution < -0.4 is 5.32 Å². The van der Waals surface area contributed by atoms with E-state index in [1.54, 1.807) is 36.5 Å². The Labute approximate surface area is 123 Å². The van der Waals surface area contributed by atoms with E-state index < -0.39 is 10.1 Å². The van der Waals surface area contributed by atoms with E-state index in [0.29, 0.717) is 23.7 Å². The van der Waals surface area contributed by atoms with Crippen LogP contribution in [0, 0.1) is 6.92 Å². The first-order valence-electron chi connectivity index (χ1n) is 6.47. The molecule has 6 heteroatoms. The van der Waals surface area contributed by atoms with Crippen LogP contribution >= 0.6 is 0 Å². The summed E-state index contributed by atoms with van der Waals surface area (Å²) in [4.78, 5) is 4.29. The van der Waals surface area contributed by atoms with Gasteiger partial charge in [-0.1, -0.05) is 17.7 Å². The first kappa shape index (κ1) is 13.6. The number of rotatable bonds is 3. The summed E-state index contributed by atoms with van der Waals surface area (Å²) in [7, 11) is -3.84. The van der Waals surface area contributed by atoms with Crippen LogP contribution in [0.4, 0.5) is 5.82 Å². The molecule has 0 saturated heterocycles. The molecule has 0 bridgehead atoms. The van der Waals surface area contributed by atoms with Crippen molar-refractivity contribution in [2.75, 3.05) is 11.9 Å². The summed E-state index contributed by atoms with van der Waals surface area (Å²) >= 11 is 0. The van der Waals surface area contributed by atoms with Gasteiger partial charge in [0.25, 0.3) is 0 Å². The second-order valence-corrected chi connectivity index (χ2v) is 6.25. The van der Waals surface area contributed by atoms with E-state index >= 15 is 0 Å². The van der Waals surface area contributed by atoms with Gasteiger partial charge in [-0.3, -0.25) is 0 Å². The molecule has 0 saturated carbocycles. The molecule has 0 amide bonds. The van der Waals surface area contributed by atoms with Crippen molar-refractivity contribution in [3.05, 3.63) is 59.8 Å². The number of fused-ring (bicyclic) bond motifs is 1. The molecule has 0 spiro atoms. The van der Waals surface area contributed by atoms with Crippen molar-refractivity contribution in [1.82, 2.24) is 4.98 Å². The van der Waals surface area contributed by atoms with E-state index in [-0.39, 0.29) is 4.90 Å². The number of aryl methyl sites for hydroxylation is 1. The maximum atomic E-state index is 12.3. The van der Waals surface area contributed by atoms with Gasteiger partial charge >= 0.3 is 10.1 Å². The number of nitrogens with one attached hydrogen (secondary N) is 1. The zero-order valence-electron chi connectivity index (χ0n) is 11.4. The van der Waals surface area contributed by atoms with E-state index in [4.69, 9.17) is 4.18 Å². The highest BCUT2D eigenvalue weighted by Crippen LogP contribution is 2.29. The first-order valence-corrected chi connectivity index (χ1v) is 7.88. The van der Waals surface area contributed by atoms with Crippen molar-refractivity contribution in [1.29, 1.82) is 0 Å². The third-order valence-electron chi connectivity index (χ3n) is 3.14. The molecule has 1 aromatic heterocycles. The fourth-order valence-electron chi connectivity index (χ4n) is 2.05. The summed E-state index contributed by atoms with van der Waals surface area (Å²) < 4.78 is 29.9. The van der Waals surface area contributed by atoms with E-state index in [1.165, 1.54) is 12.1 Å². The maximum Gasteiger partial charge on any atom is 0.339 e. The molecule has 1 aliphatic heterocycles. The van der Waals surface area contributed by atoms with Crippen LogP contribution in [0.15, 0.2) is 53.6 Å². The molecule has 1 N–H and O–H groups in total. The Hall–Kier alpha value is -2.34. The normalized spacial score (nSPS) is 13.9. The van der Waals surface area contributed by atoms with Crippen molar-refractivity contribution < 1.29 is 12.6 Å². The molecule has 0 atom stereocenters. The zero-order valence-corrected chi connectivity index (χ0v) is 12.2. The fraction of sp³-hybridized carbons (Fsp3) is 0.133. The number of pyridine rings is 1. The fourth-order valence-corrected chi connectivity index (χ4v) is 3.01. The highest BCUT2D eigenvalue weighted by molar-refractivity contribution is 7.87. The van der Waals surface area contributed by atoms with Crippen molar-refractivity contribution >= 4 is 21.7 Å². The molecular weight excluding hydrogens is 288 g/mol. The number of nitrogens with zero attached hydrogens (tertiary/aromatic N) is 1. The Kier molecular flexibility index (Phi) is 3.39. The second kappa shape index (κ2) is 5.21. The lowest BCUT2D eigenvalue weighted by atomic mass is 10.1. The van der Waals surface area contributed by atoms with E-state index in [9.17, 15) is 8.42 Å². The minimum absolute atomic E-state index is 0.137. The molecule has 0 fully saturated rings. The highest BCUT2D eigenvalue weighted by Gasteiger charge is 2.22. The highest BCUT2D eigenvalue weighted by atomic mass is 32.2. The van der Waals surface area contributed by atoms with Crippen molar-refractivity contribution in [2.45, 2.75) is 11.8 Å². The molecule has 108 valence electrons. The predicted octanol–water partition coefficient (Wildman–Crippen LogP) is 2.56. The Bertz CT molecular complexity index is 796. The lowest BCUT2D eigenvalue weighted by Crippen LogP contribution is -2.14. The average Bonchev–Trinajstić information content (AvgIpc) is 2.48. The minimum atomic E-state index is -3.84. The van der Waals surface area contributed by atoms with E-state index in [2.05, 4.69) is 10.3 Å². The molecule has 21 heavy (non-hydrogen) atoms. The summed E-state index contributed by atoms with van der Waals surface area (Å²) in [5.74, 6) is 0.923. The van der Waals surface area contributed by atoms with Crippen LogP contribution in [-0.4, -0.2) is 19.9 Å². The molecule has 0 aliphatic carbocycles. The molecule has 5 nitrogen and oxygen atoms in total. The largest absolute Gasteiger partial charge is 0.378 e. The number of anilines is 1. The van der Waals surface area contributed by atoms with Gasteiger partial charge in [0.05, 0.1) is 5.56 Å². The van der Waals surface area contributed by atoms with Crippen molar-refractivity contribution in [2.24, 2.45) is 0 Å². The summed E-state index contributed by atoms with van der Waals surface area (Å²) in [6.45, 7) is 2.37. The first-order chi connectivity index (χ1) is 10.1. The molecule has 0 radical (unpaired) electrons. The SMILES string of the molecule is Cc1ccc(S(=O)(=O)OC2=CCNc3ncccc32)cc1. The van der Waals surface area contributed by atoms with Crippen LogP contribution in [0.2, 0.25) is 0 Å². The number of hydrogen-bond acceptors (Lipinski definition) is 5. The zero-order chi connectivity index (χ0) is 14.9. The number of hydrogen-bond donors (Lipinski definition) is 1.